The summed E-state index contributed by atoms with van der Waals surface area (Å²) in [7, 11) is 0. The van der Waals surface area contributed by atoms with E-state index in [1.165, 1.54) is 0 Å². The molecule has 19 heavy (non-hydrogen) atoms. The average Bonchev–Trinajstić information content (AvgIpc) is 2.75. The molecule has 4 nitrogen and oxygen atoms in total. The van der Waals surface area contributed by atoms with Gasteiger partial charge < -0.3 is 14.9 Å². The zero-order valence-corrected chi connectivity index (χ0v) is 11.9. The van der Waals surface area contributed by atoms with E-state index in [2.05, 4.69) is 10.5 Å². The van der Waals surface area contributed by atoms with Gasteiger partial charge in [0.25, 0.3) is 0 Å². The van der Waals surface area contributed by atoms with Crippen LogP contribution in [0.15, 0.2) is 28.8 Å². The third kappa shape index (κ3) is 3.94. The molecule has 0 amide bonds. The summed E-state index contributed by atoms with van der Waals surface area (Å²) in [6.45, 7) is 2.73. The van der Waals surface area contributed by atoms with Crippen molar-refractivity contribution in [1.29, 1.82) is 0 Å². The Morgan fingerprint density at radius 3 is 2.79 bits per heavy atom. The van der Waals surface area contributed by atoms with E-state index in [-0.39, 0.29) is 0 Å². The van der Waals surface area contributed by atoms with Gasteiger partial charge in [0.1, 0.15) is 5.76 Å². The minimum absolute atomic E-state index is 0.368. The quantitative estimate of drug-likeness (QED) is 0.891. The fourth-order valence-electron chi connectivity index (χ4n) is 1.72. The van der Waals surface area contributed by atoms with Crippen LogP contribution in [0.25, 0.3) is 0 Å². The molecule has 0 aliphatic heterocycles. The number of nitrogens with zero attached hydrogens (tertiary/aromatic N) is 1. The molecule has 1 atom stereocenters. The molecule has 6 heteroatoms. The van der Waals surface area contributed by atoms with Crippen molar-refractivity contribution in [2.75, 3.05) is 6.54 Å². The number of rotatable bonds is 5. The van der Waals surface area contributed by atoms with Crippen LogP contribution in [0.2, 0.25) is 10.0 Å². The summed E-state index contributed by atoms with van der Waals surface area (Å²) in [5.74, 6) is 0.762. The van der Waals surface area contributed by atoms with Crippen molar-refractivity contribution in [3.8, 4) is 0 Å². The first-order chi connectivity index (χ1) is 9.06. The van der Waals surface area contributed by atoms with Gasteiger partial charge in [-0.15, -0.1) is 0 Å². The van der Waals surface area contributed by atoms with Crippen molar-refractivity contribution in [1.82, 2.24) is 10.5 Å². The van der Waals surface area contributed by atoms with Crippen molar-refractivity contribution < 1.29 is 9.63 Å². The smallest absolute Gasteiger partial charge is 0.133 e. The number of aromatic nitrogens is 1. The number of hydrogen-bond donors (Lipinski definition) is 2. The minimum atomic E-state index is -0.697. The summed E-state index contributed by atoms with van der Waals surface area (Å²) < 4.78 is 4.95. The number of halogens is 2. The van der Waals surface area contributed by atoms with Gasteiger partial charge in [0.2, 0.25) is 0 Å². The lowest BCUT2D eigenvalue weighted by molar-refractivity contribution is 0.174. The predicted molar refractivity (Wildman–Crippen MR) is 74.4 cm³/mol. The molecule has 1 aromatic carbocycles. The molecule has 0 saturated heterocycles. The Morgan fingerprint density at radius 2 is 2.16 bits per heavy atom. The number of hydrogen-bond acceptors (Lipinski definition) is 4. The molecule has 0 bridgehead atoms. The highest BCUT2D eigenvalue weighted by atomic mass is 35.5. The maximum Gasteiger partial charge on any atom is 0.133 e. The summed E-state index contributed by atoms with van der Waals surface area (Å²) in [4.78, 5) is 0. The molecule has 1 heterocycles. The molecular weight excluding hydrogens is 287 g/mol. The maximum absolute atomic E-state index is 10.0. The topological polar surface area (TPSA) is 58.3 Å². The van der Waals surface area contributed by atoms with Crippen LogP contribution in [0.1, 0.15) is 23.1 Å². The van der Waals surface area contributed by atoms with Crippen molar-refractivity contribution in [2.45, 2.75) is 19.6 Å². The minimum Gasteiger partial charge on any atom is -0.387 e. The fourth-order valence-corrected chi connectivity index (χ4v) is 2.25. The second-order valence-electron chi connectivity index (χ2n) is 4.24. The van der Waals surface area contributed by atoms with Gasteiger partial charge in [-0.05, 0) is 19.1 Å². The lowest BCUT2D eigenvalue weighted by Gasteiger charge is -2.13. The summed E-state index contributed by atoms with van der Waals surface area (Å²) in [6.07, 6.45) is -0.697. The lowest BCUT2D eigenvalue weighted by Crippen LogP contribution is -2.21. The molecule has 1 aromatic heterocycles. The highest BCUT2D eigenvalue weighted by molar-refractivity contribution is 6.35. The molecule has 1 unspecified atom stereocenters. The van der Waals surface area contributed by atoms with Gasteiger partial charge in [0, 0.05) is 34.8 Å². The molecule has 0 saturated carbocycles. The van der Waals surface area contributed by atoms with E-state index in [1.54, 1.807) is 18.2 Å². The van der Waals surface area contributed by atoms with Crippen LogP contribution >= 0.6 is 23.2 Å². The van der Waals surface area contributed by atoms with Crippen LogP contribution in [0, 0.1) is 6.92 Å². The summed E-state index contributed by atoms with van der Waals surface area (Å²) in [5, 5.41) is 18.0. The van der Waals surface area contributed by atoms with Crippen LogP contribution in [0.3, 0.4) is 0 Å². The summed E-state index contributed by atoms with van der Waals surface area (Å²) in [5.41, 5.74) is 1.45. The third-order valence-corrected chi connectivity index (χ3v) is 3.20. The first kappa shape index (κ1) is 14.3. The van der Waals surface area contributed by atoms with Gasteiger partial charge in [-0.2, -0.15) is 0 Å². The Balaban J connectivity index is 1.88. The predicted octanol–water partition coefficient (Wildman–Crippen LogP) is 3.11. The maximum atomic E-state index is 10.0. The van der Waals surface area contributed by atoms with Crippen LogP contribution < -0.4 is 5.32 Å². The molecule has 2 rings (SSSR count). The first-order valence-electron chi connectivity index (χ1n) is 5.82. The zero-order valence-electron chi connectivity index (χ0n) is 10.4. The standard InChI is InChI=1S/C13H14Cl2N2O2/c1-8-4-10(17-19-8)6-16-7-13(18)11-3-2-9(14)5-12(11)15/h2-5,13,16,18H,6-7H2,1H3. The Bertz CT molecular complexity index is 557. The number of nitrogens with one attached hydrogen (secondary N) is 1. The number of aliphatic hydroxyl groups is 1. The summed E-state index contributed by atoms with van der Waals surface area (Å²) in [6, 6.07) is 6.88. The molecule has 2 aromatic rings. The monoisotopic (exact) mass is 300 g/mol. The largest absolute Gasteiger partial charge is 0.387 e. The van der Waals surface area contributed by atoms with Crippen molar-refractivity contribution in [3.05, 3.63) is 51.3 Å². The van der Waals surface area contributed by atoms with Crippen molar-refractivity contribution in [3.63, 3.8) is 0 Å². The Morgan fingerprint density at radius 1 is 1.37 bits per heavy atom. The number of aliphatic hydroxyl groups excluding tert-OH is 1. The second-order valence-corrected chi connectivity index (χ2v) is 5.09. The van der Waals surface area contributed by atoms with E-state index in [0.29, 0.717) is 28.7 Å². The van der Waals surface area contributed by atoms with Gasteiger partial charge in [-0.1, -0.05) is 34.4 Å². The number of benzene rings is 1. The van der Waals surface area contributed by atoms with Crippen molar-refractivity contribution in [2.24, 2.45) is 0 Å². The van der Waals surface area contributed by atoms with Gasteiger partial charge in [-0.25, -0.2) is 0 Å². The van der Waals surface area contributed by atoms with Crippen LogP contribution in [0.4, 0.5) is 0 Å². The highest BCUT2D eigenvalue weighted by Gasteiger charge is 2.12. The molecule has 0 aliphatic carbocycles. The van der Waals surface area contributed by atoms with Gasteiger partial charge in [0.05, 0.1) is 11.8 Å². The molecule has 102 valence electrons. The first-order valence-corrected chi connectivity index (χ1v) is 6.58. The Hall–Kier alpha value is -1.07. The highest BCUT2D eigenvalue weighted by Crippen LogP contribution is 2.25. The van der Waals surface area contributed by atoms with Gasteiger partial charge >= 0.3 is 0 Å². The van der Waals surface area contributed by atoms with Crippen LogP contribution in [-0.2, 0) is 6.54 Å². The fraction of sp³-hybridized carbons (Fsp3) is 0.308. The van der Waals surface area contributed by atoms with Crippen LogP contribution in [0.5, 0.6) is 0 Å². The Kier molecular flexibility index (Phi) is 4.82. The molecule has 0 spiro atoms. The number of aryl methyl sites for hydroxylation is 1. The van der Waals surface area contributed by atoms with E-state index < -0.39 is 6.10 Å². The molecule has 2 N–H and O–H groups in total. The molecular formula is C13H14Cl2N2O2. The molecule has 0 aliphatic rings. The van der Waals surface area contributed by atoms with E-state index >= 15 is 0 Å². The van der Waals surface area contributed by atoms with E-state index in [4.69, 9.17) is 27.7 Å². The third-order valence-electron chi connectivity index (χ3n) is 2.64. The molecule has 0 radical (unpaired) electrons. The Labute approximate surface area is 121 Å². The summed E-state index contributed by atoms with van der Waals surface area (Å²) >= 11 is 11.8. The van der Waals surface area contributed by atoms with Gasteiger partial charge in [0.15, 0.2) is 0 Å². The molecule has 0 fully saturated rings. The van der Waals surface area contributed by atoms with E-state index in [1.807, 2.05) is 13.0 Å². The normalized spacial score (nSPS) is 12.6. The lowest BCUT2D eigenvalue weighted by atomic mass is 10.1. The van der Waals surface area contributed by atoms with Gasteiger partial charge in [-0.3, -0.25) is 0 Å². The van der Waals surface area contributed by atoms with E-state index in [9.17, 15) is 5.11 Å². The average molecular weight is 301 g/mol. The zero-order chi connectivity index (χ0) is 13.8. The van der Waals surface area contributed by atoms with Crippen molar-refractivity contribution >= 4 is 23.2 Å². The van der Waals surface area contributed by atoms with E-state index in [0.717, 1.165) is 11.5 Å². The SMILES string of the molecule is Cc1cc(CNCC(O)c2ccc(Cl)cc2Cl)no1. The second kappa shape index (κ2) is 6.39. The van der Waals surface area contributed by atoms with Crippen LogP contribution in [-0.4, -0.2) is 16.8 Å².